The summed E-state index contributed by atoms with van der Waals surface area (Å²) in [5.41, 5.74) is 2.46. The van der Waals surface area contributed by atoms with Gasteiger partial charge in [-0.1, -0.05) is 20.3 Å². The molecule has 0 bridgehead atoms. The highest BCUT2D eigenvalue weighted by molar-refractivity contribution is 6.03. The second-order valence-electron chi connectivity index (χ2n) is 7.72. The first-order chi connectivity index (χ1) is 13.6. The third-order valence-electron chi connectivity index (χ3n) is 5.36. The van der Waals surface area contributed by atoms with Crippen molar-refractivity contribution in [3.8, 4) is 0 Å². The lowest BCUT2D eigenvalue weighted by Crippen LogP contribution is -2.32. The van der Waals surface area contributed by atoms with Gasteiger partial charge in [0, 0.05) is 50.5 Å². The Bertz CT molecular complexity index is 752. The standard InChI is InChI=1S/C22H31N5O/c1-4-5-12-26(3)22-23-15-18(16-24-22)21(28)25-19-6-8-20(9-7-19)27-13-10-17(2)11-14-27/h6-9,15-17H,4-5,10-14H2,1-3H3,(H,25,28). The molecule has 6 heteroatoms. The van der Waals surface area contributed by atoms with Crippen molar-refractivity contribution >= 4 is 23.2 Å². The van der Waals surface area contributed by atoms with Crippen LogP contribution in [0.3, 0.4) is 0 Å². The van der Waals surface area contributed by atoms with Crippen LogP contribution in [0.4, 0.5) is 17.3 Å². The lowest BCUT2D eigenvalue weighted by Gasteiger charge is -2.32. The van der Waals surface area contributed by atoms with Crippen LogP contribution in [-0.2, 0) is 0 Å². The van der Waals surface area contributed by atoms with E-state index in [1.165, 1.54) is 18.5 Å². The van der Waals surface area contributed by atoms with Crippen molar-refractivity contribution in [1.82, 2.24) is 9.97 Å². The van der Waals surface area contributed by atoms with Gasteiger partial charge in [0.25, 0.3) is 5.91 Å². The number of benzene rings is 1. The van der Waals surface area contributed by atoms with E-state index in [1.54, 1.807) is 12.4 Å². The van der Waals surface area contributed by atoms with Crippen molar-refractivity contribution in [1.29, 1.82) is 0 Å². The zero-order valence-electron chi connectivity index (χ0n) is 17.2. The summed E-state index contributed by atoms with van der Waals surface area (Å²) in [6.07, 6.45) is 7.87. The molecule has 1 N–H and O–H groups in total. The maximum atomic E-state index is 12.5. The molecule has 1 fully saturated rings. The lowest BCUT2D eigenvalue weighted by atomic mass is 9.99. The molecule has 1 aromatic heterocycles. The fraction of sp³-hybridized carbons (Fsp3) is 0.500. The zero-order chi connectivity index (χ0) is 19.9. The van der Waals surface area contributed by atoms with Gasteiger partial charge in [-0.2, -0.15) is 0 Å². The van der Waals surface area contributed by atoms with Crippen LogP contribution in [0, 0.1) is 5.92 Å². The van der Waals surface area contributed by atoms with Crippen LogP contribution < -0.4 is 15.1 Å². The van der Waals surface area contributed by atoms with Gasteiger partial charge in [0.05, 0.1) is 5.56 Å². The Morgan fingerprint density at radius 2 is 1.82 bits per heavy atom. The molecule has 0 saturated carbocycles. The average molecular weight is 382 g/mol. The Balaban J connectivity index is 1.57. The number of nitrogens with one attached hydrogen (secondary N) is 1. The number of hydrogen-bond donors (Lipinski definition) is 1. The number of carbonyl (C=O) groups excluding carboxylic acids is 1. The summed E-state index contributed by atoms with van der Waals surface area (Å²) < 4.78 is 0. The summed E-state index contributed by atoms with van der Waals surface area (Å²) in [4.78, 5) is 25.5. The number of aromatic nitrogens is 2. The van der Waals surface area contributed by atoms with Crippen molar-refractivity contribution in [2.45, 2.75) is 39.5 Å². The number of piperidine rings is 1. The highest BCUT2D eigenvalue weighted by Crippen LogP contribution is 2.24. The summed E-state index contributed by atoms with van der Waals surface area (Å²) in [5.74, 6) is 1.27. The Morgan fingerprint density at radius 3 is 2.43 bits per heavy atom. The topological polar surface area (TPSA) is 61.4 Å². The van der Waals surface area contributed by atoms with Gasteiger partial charge >= 0.3 is 0 Å². The first-order valence-corrected chi connectivity index (χ1v) is 10.3. The second-order valence-corrected chi connectivity index (χ2v) is 7.72. The Kier molecular flexibility index (Phi) is 6.85. The first kappa shape index (κ1) is 20.1. The summed E-state index contributed by atoms with van der Waals surface area (Å²) in [6.45, 7) is 7.58. The summed E-state index contributed by atoms with van der Waals surface area (Å²) in [5, 5.41) is 2.93. The molecule has 1 aliphatic rings. The van der Waals surface area contributed by atoms with Crippen LogP contribution in [0.5, 0.6) is 0 Å². The maximum Gasteiger partial charge on any atom is 0.258 e. The van der Waals surface area contributed by atoms with E-state index in [0.717, 1.165) is 44.1 Å². The number of unbranched alkanes of at least 4 members (excludes halogenated alkanes) is 1. The normalized spacial score (nSPS) is 14.8. The smallest absolute Gasteiger partial charge is 0.258 e. The highest BCUT2D eigenvalue weighted by Gasteiger charge is 2.16. The Hall–Kier alpha value is -2.63. The quantitative estimate of drug-likeness (QED) is 0.779. The molecule has 0 radical (unpaired) electrons. The molecular weight excluding hydrogens is 350 g/mol. The third-order valence-corrected chi connectivity index (χ3v) is 5.36. The number of anilines is 3. The Labute approximate surface area is 168 Å². The molecule has 0 atom stereocenters. The molecule has 150 valence electrons. The molecule has 2 aromatic rings. The number of rotatable bonds is 7. The van der Waals surface area contributed by atoms with Gasteiger partial charge in [-0.05, 0) is 49.4 Å². The summed E-state index contributed by atoms with van der Waals surface area (Å²) in [6, 6.07) is 8.07. The van der Waals surface area contributed by atoms with Crippen LogP contribution >= 0.6 is 0 Å². The summed E-state index contributed by atoms with van der Waals surface area (Å²) >= 11 is 0. The van der Waals surface area contributed by atoms with E-state index in [2.05, 4.69) is 46.2 Å². The molecule has 6 nitrogen and oxygen atoms in total. The fourth-order valence-corrected chi connectivity index (χ4v) is 3.36. The number of amides is 1. The molecule has 0 spiro atoms. The lowest BCUT2D eigenvalue weighted by molar-refractivity contribution is 0.102. The molecule has 2 heterocycles. The molecule has 1 saturated heterocycles. The minimum absolute atomic E-state index is 0.192. The molecule has 1 amide bonds. The predicted molar refractivity (Wildman–Crippen MR) is 115 cm³/mol. The maximum absolute atomic E-state index is 12.5. The molecule has 28 heavy (non-hydrogen) atoms. The Morgan fingerprint density at radius 1 is 1.18 bits per heavy atom. The van der Waals surface area contributed by atoms with E-state index in [4.69, 9.17) is 0 Å². The van der Waals surface area contributed by atoms with E-state index in [0.29, 0.717) is 11.5 Å². The van der Waals surface area contributed by atoms with Gasteiger partial charge in [-0.3, -0.25) is 4.79 Å². The second kappa shape index (κ2) is 9.53. The van der Waals surface area contributed by atoms with Gasteiger partial charge in [-0.25, -0.2) is 9.97 Å². The number of nitrogens with zero attached hydrogens (tertiary/aromatic N) is 4. The van der Waals surface area contributed by atoms with Crippen molar-refractivity contribution in [2.24, 2.45) is 5.92 Å². The van der Waals surface area contributed by atoms with Crippen LogP contribution in [0.25, 0.3) is 0 Å². The van der Waals surface area contributed by atoms with Gasteiger partial charge in [-0.15, -0.1) is 0 Å². The third kappa shape index (κ3) is 5.21. The fourth-order valence-electron chi connectivity index (χ4n) is 3.36. The highest BCUT2D eigenvalue weighted by atomic mass is 16.1. The first-order valence-electron chi connectivity index (χ1n) is 10.3. The largest absolute Gasteiger partial charge is 0.372 e. The van der Waals surface area contributed by atoms with Gasteiger partial charge < -0.3 is 15.1 Å². The predicted octanol–water partition coefficient (Wildman–Crippen LogP) is 4.20. The van der Waals surface area contributed by atoms with E-state index in [-0.39, 0.29) is 5.91 Å². The van der Waals surface area contributed by atoms with Crippen LogP contribution in [0.2, 0.25) is 0 Å². The van der Waals surface area contributed by atoms with Gasteiger partial charge in [0.1, 0.15) is 0 Å². The van der Waals surface area contributed by atoms with E-state index >= 15 is 0 Å². The summed E-state index contributed by atoms with van der Waals surface area (Å²) in [7, 11) is 1.97. The van der Waals surface area contributed by atoms with E-state index in [1.807, 2.05) is 24.1 Å². The minimum Gasteiger partial charge on any atom is -0.372 e. The van der Waals surface area contributed by atoms with Crippen molar-refractivity contribution in [2.75, 3.05) is 41.8 Å². The average Bonchev–Trinajstić information content (AvgIpc) is 2.73. The molecular formula is C22H31N5O. The molecule has 0 unspecified atom stereocenters. The van der Waals surface area contributed by atoms with Crippen LogP contribution in [0.1, 0.15) is 49.9 Å². The van der Waals surface area contributed by atoms with Gasteiger partial charge in [0.2, 0.25) is 5.95 Å². The molecule has 1 aromatic carbocycles. The SMILES string of the molecule is CCCCN(C)c1ncc(C(=O)Nc2ccc(N3CCC(C)CC3)cc2)cn1. The van der Waals surface area contributed by atoms with Crippen LogP contribution in [-0.4, -0.2) is 42.6 Å². The van der Waals surface area contributed by atoms with Crippen molar-refractivity contribution < 1.29 is 4.79 Å². The van der Waals surface area contributed by atoms with Crippen molar-refractivity contribution in [3.05, 3.63) is 42.2 Å². The monoisotopic (exact) mass is 381 g/mol. The molecule has 3 rings (SSSR count). The van der Waals surface area contributed by atoms with Gasteiger partial charge in [0.15, 0.2) is 0 Å². The minimum atomic E-state index is -0.192. The zero-order valence-corrected chi connectivity index (χ0v) is 17.2. The number of hydrogen-bond acceptors (Lipinski definition) is 5. The van der Waals surface area contributed by atoms with Crippen LogP contribution in [0.15, 0.2) is 36.7 Å². The number of carbonyl (C=O) groups is 1. The van der Waals surface area contributed by atoms with E-state index < -0.39 is 0 Å². The van der Waals surface area contributed by atoms with E-state index in [9.17, 15) is 4.79 Å². The molecule has 0 aliphatic carbocycles. The molecule has 1 aliphatic heterocycles. The van der Waals surface area contributed by atoms with Crippen molar-refractivity contribution in [3.63, 3.8) is 0 Å².